The second-order valence-electron chi connectivity index (χ2n) is 4.94. The highest BCUT2D eigenvalue weighted by Gasteiger charge is 2.18. The first-order valence-corrected chi connectivity index (χ1v) is 9.25. The molecule has 0 aliphatic rings. The van der Waals surface area contributed by atoms with Gasteiger partial charge in [0.25, 0.3) is 0 Å². The summed E-state index contributed by atoms with van der Waals surface area (Å²) in [7, 11) is 0. The second-order valence-corrected chi connectivity index (χ2v) is 7.70. The predicted octanol–water partition coefficient (Wildman–Crippen LogP) is 6.22. The van der Waals surface area contributed by atoms with Crippen LogP contribution in [-0.4, -0.2) is 14.4 Å². The third-order valence-corrected chi connectivity index (χ3v) is 5.65. The Balaban J connectivity index is 2.12. The maximum Gasteiger partial charge on any atom is 0.147 e. The third kappa shape index (κ3) is 2.54. The van der Waals surface area contributed by atoms with Crippen LogP contribution in [0.3, 0.4) is 0 Å². The van der Waals surface area contributed by atoms with Gasteiger partial charge >= 0.3 is 0 Å². The quantitative estimate of drug-likeness (QED) is 0.280. The Bertz CT molecular complexity index is 1060. The number of hydrogen-bond donors (Lipinski definition) is 0. The van der Waals surface area contributed by atoms with Gasteiger partial charge in [-0.1, -0.05) is 29.3 Å². The molecule has 23 heavy (non-hydrogen) atoms. The van der Waals surface area contributed by atoms with E-state index in [1.54, 1.807) is 6.20 Å². The van der Waals surface area contributed by atoms with Gasteiger partial charge in [0.05, 0.1) is 15.6 Å². The smallest absolute Gasteiger partial charge is 0.147 e. The first-order chi connectivity index (χ1) is 11.1. The largest absolute Gasteiger partial charge is 0.294 e. The van der Waals surface area contributed by atoms with Gasteiger partial charge in [0.2, 0.25) is 0 Å². The van der Waals surface area contributed by atoms with Crippen molar-refractivity contribution in [1.29, 1.82) is 0 Å². The SMILES string of the molecule is Clc1cccc(Cl)c1-c1nc2c3cc(Br)cnc3ccn2c1I. The van der Waals surface area contributed by atoms with E-state index >= 15 is 0 Å². The zero-order valence-electron chi connectivity index (χ0n) is 11.4. The normalized spacial score (nSPS) is 11.5. The number of pyridine rings is 2. The number of hydrogen-bond acceptors (Lipinski definition) is 2. The number of aromatic nitrogens is 3. The summed E-state index contributed by atoms with van der Waals surface area (Å²) in [6, 6.07) is 9.45. The summed E-state index contributed by atoms with van der Waals surface area (Å²) >= 11 is 18.4. The van der Waals surface area contributed by atoms with Crippen molar-refractivity contribution in [3.8, 4) is 11.3 Å². The molecule has 7 heteroatoms. The molecule has 0 spiro atoms. The van der Waals surface area contributed by atoms with Crippen molar-refractivity contribution in [2.75, 3.05) is 0 Å². The van der Waals surface area contributed by atoms with Crippen molar-refractivity contribution in [2.24, 2.45) is 0 Å². The maximum absolute atomic E-state index is 6.35. The van der Waals surface area contributed by atoms with E-state index in [0.29, 0.717) is 10.0 Å². The molecule has 0 aliphatic heterocycles. The molecule has 0 bridgehead atoms. The van der Waals surface area contributed by atoms with E-state index in [9.17, 15) is 0 Å². The van der Waals surface area contributed by atoms with Gasteiger partial charge in [-0.15, -0.1) is 0 Å². The van der Waals surface area contributed by atoms with Gasteiger partial charge in [-0.3, -0.25) is 9.38 Å². The Morgan fingerprint density at radius 1 is 1.13 bits per heavy atom. The average Bonchev–Trinajstić information content (AvgIpc) is 2.85. The second kappa shape index (κ2) is 5.88. The minimum absolute atomic E-state index is 0.586. The van der Waals surface area contributed by atoms with Gasteiger partial charge in [-0.05, 0) is 62.8 Å². The molecule has 0 atom stereocenters. The monoisotopic (exact) mass is 517 g/mol. The number of rotatable bonds is 1. The van der Waals surface area contributed by atoms with Crippen LogP contribution in [0.25, 0.3) is 27.8 Å². The molecule has 114 valence electrons. The van der Waals surface area contributed by atoms with Gasteiger partial charge in [0.15, 0.2) is 0 Å². The van der Waals surface area contributed by atoms with E-state index in [2.05, 4.69) is 43.5 Å². The lowest BCUT2D eigenvalue weighted by Crippen LogP contribution is -1.90. The van der Waals surface area contributed by atoms with Crippen molar-refractivity contribution >= 4 is 78.3 Å². The Morgan fingerprint density at radius 2 is 1.87 bits per heavy atom. The molecule has 1 aromatic carbocycles. The Kier molecular flexibility index (Phi) is 3.99. The summed E-state index contributed by atoms with van der Waals surface area (Å²) in [5.41, 5.74) is 3.24. The van der Waals surface area contributed by atoms with Crippen LogP contribution in [0.2, 0.25) is 10.0 Å². The summed E-state index contributed by atoms with van der Waals surface area (Å²) in [5, 5.41) is 2.14. The molecular weight excluding hydrogens is 512 g/mol. The van der Waals surface area contributed by atoms with E-state index in [1.165, 1.54) is 0 Å². The molecule has 0 unspecified atom stereocenters. The number of benzene rings is 1. The molecule has 0 radical (unpaired) electrons. The highest BCUT2D eigenvalue weighted by molar-refractivity contribution is 14.1. The van der Waals surface area contributed by atoms with Crippen molar-refractivity contribution in [2.45, 2.75) is 0 Å². The highest BCUT2D eigenvalue weighted by atomic mass is 127. The summed E-state index contributed by atoms with van der Waals surface area (Å²) in [4.78, 5) is 9.22. The summed E-state index contributed by atoms with van der Waals surface area (Å²) in [5.74, 6) is 0. The minimum Gasteiger partial charge on any atom is -0.294 e. The average molecular weight is 519 g/mol. The van der Waals surface area contributed by atoms with Crippen LogP contribution >= 0.6 is 61.7 Å². The zero-order valence-corrected chi connectivity index (χ0v) is 16.7. The standard InChI is InChI=1S/C16H7BrCl2IN3/c17-8-6-9-12(21-7-8)4-5-23-15(20)14(22-16(9)23)13-10(18)2-1-3-11(13)19/h1-7H. The zero-order chi connectivity index (χ0) is 16.1. The fraction of sp³-hybridized carbons (Fsp3) is 0. The summed E-state index contributed by atoms with van der Waals surface area (Å²) in [6.07, 6.45) is 3.74. The van der Waals surface area contributed by atoms with Crippen LogP contribution in [0.5, 0.6) is 0 Å². The molecule has 0 fully saturated rings. The molecular formula is C16H7BrCl2IN3. The molecule has 0 aliphatic carbocycles. The topological polar surface area (TPSA) is 30.2 Å². The third-order valence-electron chi connectivity index (χ3n) is 3.56. The fourth-order valence-electron chi connectivity index (χ4n) is 2.53. The summed E-state index contributed by atoms with van der Waals surface area (Å²) < 4.78 is 3.88. The van der Waals surface area contributed by atoms with E-state index in [-0.39, 0.29) is 0 Å². The van der Waals surface area contributed by atoms with Crippen LogP contribution in [-0.2, 0) is 0 Å². The van der Waals surface area contributed by atoms with Gasteiger partial charge in [-0.25, -0.2) is 4.98 Å². The van der Waals surface area contributed by atoms with Crippen LogP contribution in [0.1, 0.15) is 0 Å². The molecule has 4 aromatic rings. The van der Waals surface area contributed by atoms with Crippen molar-refractivity contribution < 1.29 is 0 Å². The highest BCUT2D eigenvalue weighted by Crippen LogP contribution is 2.37. The molecule has 3 heterocycles. The van der Waals surface area contributed by atoms with Crippen LogP contribution < -0.4 is 0 Å². The Hall–Kier alpha value is -0.890. The van der Waals surface area contributed by atoms with Crippen LogP contribution in [0, 0.1) is 3.70 Å². The molecule has 4 rings (SSSR count). The van der Waals surface area contributed by atoms with Crippen molar-refractivity contribution in [3.05, 3.63) is 60.9 Å². The Labute approximate surface area is 163 Å². The first kappa shape index (κ1) is 15.6. The molecule has 0 saturated heterocycles. The van der Waals surface area contributed by atoms with Crippen molar-refractivity contribution in [1.82, 2.24) is 14.4 Å². The van der Waals surface area contributed by atoms with Gasteiger partial charge in [0.1, 0.15) is 15.0 Å². The van der Waals surface area contributed by atoms with E-state index in [0.717, 1.165) is 36.0 Å². The van der Waals surface area contributed by atoms with E-state index in [1.807, 2.05) is 40.9 Å². The minimum atomic E-state index is 0.586. The van der Waals surface area contributed by atoms with Crippen LogP contribution in [0.4, 0.5) is 0 Å². The molecule has 3 aromatic heterocycles. The van der Waals surface area contributed by atoms with E-state index in [4.69, 9.17) is 28.2 Å². The molecule has 0 N–H and O–H groups in total. The van der Waals surface area contributed by atoms with Gasteiger partial charge in [-0.2, -0.15) is 0 Å². The van der Waals surface area contributed by atoms with E-state index < -0.39 is 0 Å². The van der Waals surface area contributed by atoms with Gasteiger partial charge in [0, 0.05) is 27.8 Å². The lowest BCUT2D eigenvalue weighted by Gasteiger charge is -2.04. The molecule has 3 nitrogen and oxygen atoms in total. The molecule has 0 saturated carbocycles. The number of imidazole rings is 1. The molecule has 0 amide bonds. The van der Waals surface area contributed by atoms with Gasteiger partial charge < -0.3 is 0 Å². The Morgan fingerprint density at radius 3 is 2.61 bits per heavy atom. The lowest BCUT2D eigenvalue weighted by molar-refractivity contribution is 1.16. The fourth-order valence-corrected chi connectivity index (χ4v) is 4.22. The number of fused-ring (bicyclic) bond motifs is 3. The lowest BCUT2D eigenvalue weighted by atomic mass is 10.2. The number of halogens is 4. The first-order valence-electron chi connectivity index (χ1n) is 6.62. The summed E-state index contributed by atoms with van der Waals surface area (Å²) in [6.45, 7) is 0. The maximum atomic E-state index is 6.35. The van der Waals surface area contributed by atoms with Crippen molar-refractivity contribution in [3.63, 3.8) is 0 Å². The predicted molar refractivity (Wildman–Crippen MR) is 106 cm³/mol. The number of nitrogens with zero attached hydrogens (tertiary/aromatic N) is 3. The van der Waals surface area contributed by atoms with Crippen LogP contribution in [0.15, 0.2) is 47.2 Å².